The predicted molar refractivity (Wildman–Crippen MR) is 117 cm³/mol. The van der Waals surface area contributed by atoms with Gasteiger partial charge in [0.2, 0.25) is 11.8 Å². The van der Waals surface area contributed by atoms with Crippen LogP contribution in [-0.4, -0.2) is 51.4 Å². The number of carbonyl (C=O) groups is 2. The molecule has 2 N–H and O–H groups in total. The fourth-order valence-electron chi connectivity index (χ4n) is 4.12. The van der Waals surface area contributed by atoms with Gasteiger partial charge in [0.05, 0.1) is 17.6 Å². The van der Waals surface area contributed by atoms with E-state index in [1.165, 1.54) is 0 Å². The second kappa shape index (κ2) is 8.41. The van der Waals surface area contributed by atoms with Gasteiger partial charge in [-0.15, -0.1) is 0 Å². The second-order valence-corrected chi connectivity index (χ2v) is 8.33. The number of aryl methyl sites for hydroxylation is 1. The summed E-state index contributed by atoms with van der Waals surface area (Å²) in [6, 6.07) is 17.1. The van der Waals surface area contributed by atoms with Crippen LogP contribution in [-0.2, 0) is 16.0 Å². The van der Waals surface area contributed by atoms with E-state index in [1.807, 2.05) is 54.6 Å². The average molecular weight is 418 g/mol. The van der Waals surface area contributed by atoms with Crippen LogP contribution in [0.25, 0.3) is 11.0 Å². The van der Waals surface area contributed by atoms with E-state index in [0.717, 1.165) is 35.4 Å². The summed E-state index contributed by atoms with van der Waals surface area (Å²) in [6.45, 7) is 0.413. The van der Waals surface area contributed by atoms with Crippen LogP contribution >= 0.6 is 0 Å². The van der Waals surface area contributed by atoms with E-state index in [4.69, 9.17) is 4.74 Å². The van der Waals surface area contributed by atoms with E-state index in [2.05, 4.69) is 15.3 Å². The first kappa shape index (κ1) is 19.6. The fraction of sp³-hybridized carbons (Fsp3) is 0.375. The van der Waals surface area contributed by atoms with Gasteiger partial charge in [0.25, 0.3) is 0 Å². The van der Waals surface area contributed by atoms with E-state index in [9.17, 15) is 9.59 Å². The smallest absolute Gasteiger partial charge is 0.243 e. The molecule has 1 aliphatic carbocycles. The lowest BCUT2D eigenvalue weighted by Crippen LogP contribution is -2.46. The van der Waals surface area contributed by atoms with Crippen LogP contribution in [0.4, 0.5) is 0 Å². The van der Waals surface area contributed by atoms with Crippen LogP contribution in [0.15, 0.2) is 54.6 Å². The Labute approximate surface area is 180 Å². The van der Waals surface area contributed by atoms with Crippen molar-refractivity contribution in [1.29, 1.82) is 0 Å². The van der Waals surface area contributed by atoms with Gasteiger partial charge in [-0.3, -0.25) is 9.59 Å². The minimum Gasteiger partial charge on any atom is -0.488 e. The number of imidazole rings is 1. The number of amides is 2. The van der Waals surface area contributed by atoms with Crippen molar-refractivity contribution in [1.82, 2.24) is 20.2 Å². The third-order valence-electron chi connectivity index (χ3n) is 5.87. The van der Waals surface area contributed by atoms with Gasteiger partial charge in [-0.2, -0.15) is 0 Å². The van der Waals surface area contributed by atoms with Gasteiger partial charge in [0.1, 0.15) is 23.7 Å². The summed E-state index contributed by atoms with van der Waals surface area (Å²) in [5.41, 5.74) is 1.85. The number of carbonyl (C=O) groups excluding carboxylic acids is 2. The average Bonchev–Trinajstić information content (AvgIpc) is 3.34. The molecule has 2 amide bonds. The van der Waals surface area contributed by atoms with Gasteiger partial charge in [-0.05, 0) is 37.1 Å². The summed E-state index contributed by atoms with van der Waals surface area (Å²) in [4.78, 5) is 35.4. The van der Waals surface area contributed by atoms with Gasteiger partial charge in [0.15, 0.2) is 0 Å². The molecule has 5 rings (SSSR count). The standard InChI is InChI=1S/C24H26N4O3/c29-23(13-12-22-26-19-8-4-5-9-20(19)27-22)28-15-18(31-17-6-2-1-3-7-17)14-21(28)24(30)25-16-10-11-16/h1-9,16,18,21H,10-15H2,(H,25,30)(H,26,27). The van der Waals surface area contributed by atoms with Crippen LogP contribution in [0.1, 0.15) is 31.5 Å². The first-order chi connectivity index (χ1) is 15.2. The van der Waals surface area contributed by atoms with Crippen LogP contribution in [0.2, 0.25) is 0 Å². The molecule has 2 aliphatic rings. The maximum absolute atomic E-state index is 13.1. The summed E-state index contributed by atoms with van der Waals surface area (Å²) in [5.74, 6) is 1.42. The first-order valence-corrected chi connectivity index (χ1v) is 10.9. The van der Waals surface area contributed by atoms with Crippen LogP contribution in [0.3, 0.4) is 0 Å². The molecular weight excluding hydrogens is 392 g/mol. The van der Waals surface area contributed by atoms with Crippen molar-refractivity contribution >= 4 is 22.8 Å². The lowest BCUT2D eigenvalue weighted by Gasteiger charge is -2.23. The molecule has 7 nitrogen and oxygen atoms in total. The topological polar surface area (TPSA) is 87.3 Å². The van der Waals surface area contributed by atoms with Gasteiger partial charge in [-0.1, -0.05) is 30.3 Å². The van der Waals surface area contributed by atoms with Crippen molar-refractivity contribution in [2.75, 3.05) is 6.54 Å². The quantitative estimate of drug-likeness (QED) is 0.618. The molecule has 160 valence electrons. The highest BCUT2D eigenvalue weighted by Gasteiger charge is 2.41. The molecule has 2 aromatic carbocycles. The molecule has 2 atom stereocenters. The molecule has 1 aromatic heterocycles. The Morgan fingerprint density at radius 1 is 1.10 bits per heavy atom. The molecule has 1 aliphatic heterocycles. The Hall–Kier alpha value is -3.35. The summed E-state index contributed by atoms with van der Waals surface area (Å²) in [7, 11) is 0. The highest BCUT2D eigenvalue weighted by Crippen LogP contribution is 2.26. The summed E-state index contributed by atoms with van der Waals surface area (Å²) in [5, 5.41) is 3.05. The highest BCUT2D eigenvalue weighted by molar-refractivity contribution is 5.89. The number of H-pyrrole nitrogens is 1. The zero-order chi connectivity index (χ0) is 21.2. The third kappa shape index (κ3) is 4.55. The van der Waals surface area contributed by atoms with E-state index >= 15 is 0 Å². The number of nitrogens with one attached hydrogen (secondary N) is 2. The number of likely N-dealkylation sites (tertiary alicyclic amines) is 1. The van der Waals surface area contributed by atoms with E-state index in [1.54, 1.807) is 4.90 Å². The number of ether oxygens (including phenoxy) is 1. The Morgan fingerprint density at radius 3 is 2.65 bits per heavy atom. The molecular formula is C24H26N4O3. The molecule has 2 heterocycles. The molecule has 3 aromatic rings. The lowest BCUT2D eigenvalue weighted by atomic mass is 10.1. The maximum Gasteiger partial charge on any atom is 0.243 e. The number of aromatic nitrogens is 2. The molecule has 2 fully saturated rings. The molecule has 2 unspecified atom stereocenters. The number of nitrogens with zero attached hydrogens (tertiary/aromatic N) is 2. The number of fused-ring (bicyclic) bond motifs is 1. The van der Waals surface area contributed by atoms with E-state index < -0.39 is 6.04 Å². The number of hydrogen-bond donors (Lipinski definition) is 2. The molecule has 0 spiro atoms. The van der Waals surface area contributed by atoms with Gasteiger partial charge >= 0.3 is 0 Å². The van der Waals surface area contributed by atoms with Crippen molar-refractivity contribution < 1.29 is 14.3 Å². The maximum atomic E-state index is 13.1. The van der Waals surface area contributed by atoms with Crippen molar-refractivity contribution in [3.8, 4) is 5.75 Å². The normalized spacial score (nSPS) is 20.7. The molecule has 7 heteroatoms. The largest absolute Gasteiger partial charge is 0.488 e. The van der Waals surface area contributed by atoms with Crippen molar-refractivity contribution in [2.24, 2.45) is 0 Å². The summed E-state index contributed by atoms with van der Waals surface area (Å²) < 4.78 is 6.07. The number of benzene rings is 2. The van der Waals surface area contributed by atoms with Crippen molar-refractivity contribution in [2.45, 2.75) is 50.3 Å². The van der Waals surface area contributed by atoms with Gasteiger partial charge < -0.3 is 19.9 Å². The van der Waals surface area contributed by atoms with Gasteiger partial charge in [0, 0.05) is 25.3 Å². The zero-order valence-corrected chi connectivity index (χ0v) is 17.3. The minimum atomic E-state index is -0.488. The number of rotatable bonds is 7. The van der Waals surface area contributed by atoms with Crippen molar-refractivity contribution in [3.05, 3.63) is 60.4 Å². The van der Waals surface area contributed by atoms with E-state index in [0.29, 0.717) is 25.8 Å². The van der Waals surface area contributed by atoms with Crippen LogP contribution in [0.5, 0.6) is 5.75 Å². The first-order valence-electron chi connectivity index (χ1n) is 10.9. The predicted octanol–water partition coefficient (Wildman–Crippen LogP) is 2.82. The molecule has 0 bridgehead atoms. The Kier molecular flexibility index (Phi) is 5.32. The number of aromatic amines is 1. The monoisotopic (exact) mass is 418 g/mol. The molecule has 31 heavy (non-hydrogen) atoms. The Balaban J connectivity index is 1.26. The fourth-order valence-corrected chi connectivity index (χ4v) is 4.12. The van der Waals surface area contributed by atoms with Gasteiger partial charge in [-0.25, -0.2) is 4.98 Å². The van der Waals surface area contributed by atoms with E-state index in [-0.39, 0.29) is 24.0 Å². The van der Waals surface area contributed by atoms with Crippen molar-refractivity contribution in [3.63, 3.8) is 0 Å². The van der Waals surface area contributed by atoms with Crippen LogP contribution < -0.4 is 10.1 Å². The Morgan fingerprint density at radius 2 is 1.87 bits per heavy atom. The molecule has 1 saturated heterocycles. The van der Waals surface area contributed by atoms with Crippen LogP contribution in [0, 0.1) is 0 Å². The zero-order valence-electron chi connectivity index (χ0n) is 17.3. The summed E-state index contributed by atoms with van der Waals surface area (Å²) in [6.07, 6.45) is 3.14. The lowest BCUT2D eigenvalue weighted by molar-refractivity contribution is -0.138. The second-order valence-electron chi connectivity index (χ2n) is 8.33. The minimum absolute atomic E-state index is 0.0458. The third-order valence-corrected chi connectivity index (χ3v) is 5.87. The number of para-hydroxylation sites is 3. The molecule has 0 radical (unpaired) electrons. The summed E-state index contributed by atoms with van der Waals surface area (Å²) >= 11 is 0. The number of hydrogen-bond acceptors (Lipinski definition) is 4. The molecule has 1 saturated carbocycles. The highest BCUT2D eigenvalue weighted by atomic mass is 16.5. The SMILES string of the molecule is O=C(NC1CC1)C1CC(Oc2ccccc2)CN1C(=O)CCc1nc2ccccc2[nH]1. The Bertz CT molecular complexity index is 1040.